The zero-order valence-corrected chi connectivity index (χ0v) is 11.9. The van der Waals surface area contributed by atoms with Gasteiger partial charge in [-0.3, -0.25) is 0 Å². The van der Waals surface area contributed by atoms with Crippen LogP contribution in [-0.2, 0) is 16.6 Å². The Morgan fingerprint density at radius 1 is 1.45 bits per heavy atom. The molecule has 4 atom stereocenters. The predicted molar refractivity (Wildman–Crippen MR) is 76.9 cm³/mol. The van der Waals surface area contributed by atoms with E-state index in [9.17, 15) is 5.11 Å². The van der Waals surface area contributed by atoms with E-state index >= 15 is 0 Å². The van der Waals surface area contributed by atoms with Gasteiger partial charge in [-0.15, -0.1) is 0 Å². The van der Waals surface area contributed by atoms with Gasteiger partial charge in [0.1, 0.15) is 5.75 Å². The molecule has 0 radical (unpaired) electrons. The average molecular weight is 274 g/mol. The van der Waals surface area contributed by atoms with Crippen molar-refractivity contribution in [3.8, 4) is 5.75 Å². The Morgan fingerprint density at radius 2 is 2.30 bits per heavy atom. The van der Waals surface area contributed by atoms with Gasteiger partial charge in [-0.05, 0) is 56.1 Å². The maximum atomic E-state index is 9.91. The number of hydrogen-bond acceptors (Lipinski definition) is 4. The molecule has 108 valence electrons. The maximum Gasteiger partial charge on any atom is 0.115 e. The quantitative estimate of drug-likeness (QED) is 0.741. The lowest BCUT2D eigenvalue weighted by atomic mass is 9.58. The topological polar surface area (TPSA) is 58.7 Å². The van der Waals surface area contributed by atoms with Crippen molar-refractivity contribution in [2.24, 2.45) is 5.73 Å². The molecule has 2 heterocycles. The molecule has 4 rings (SSSR count). The first-order valence-electron chi connectivity index (χ1n) is 7.50. The van der Waals surface area contributed by atoms with E-state index in [2.05, 4.69) is 18.0 Å². The highest BCUT2D eigenvalue weighted by Gasteiger charge is 2.55. The molecule has 20 heavy (non-hydrogen) atoms. The zero-order valence-electron chi connectivity index (χ0n) is 11.9. The van der Waals surface area contributed by atoms with Crippen molar-refractivity contribution in [3.05, 3.63) is 29.3 Å². The Kier molecular flexibility index (Phi) is 2.65. The van der Waals surface area contributed by atoms with Crippen LogP contribution >= 0.6 is 0 Å². The third kappa shape index (κ3) is 1.59. The summed E-state index contributed by atoms with van der Waals surface area (Å²) in [6, 6.07) is 6.37. The molecule has 3 N–H and O–H groups in total. The van der Waals surface area contributed by atoms with Gasteiger partial charge < -0.3 is 20.5 Å². The van der Waals surface area contributed by atoms with Crippen LogP contribution in [-0.4, -0.2) is 48.4 Å². The van der Waals surface area contributed by atoms with Crippen LogP contribution in [0.2, 0.25) is 0 Å². The Labute approximate surface area is 119 Å². The smallest absolute Gasteiger partial charge is 0.115 e. The van der Waals surface area contributed by atoms with E-state index in [1.807, 2.05) is 6.07 Å². The molecule has 1 aromatic rings. The van der Waals surface area contributed by atoms with Gasteiger partial charge in [0.15, 0.2) is 0 Å². The number of rotatable bonds is 0. The highest BCUT2D eigenvalue weighted by molar-refractivity contribution is 5.46. The van der Waals surface area contributed by atoms with Crippen molar-refractivity contribution in [3.63, 3.8) is 0 Å². The molecule has 1 aromatic carbocycles. The minimum Gasteiger partial charge on any atom is -0.508 e. The van der Waals surface area contributed by atoms with Gasteiger partial charge in [0.05, 0.1) is 12.7 Å². The van der Waals surface area contributed by atoms with Crippen molar-refractivity contribution in [1.29, 1.82) is 0 Å². The van der Waals surface area contributed by atoms with Gasteiger partial charge in [-0.25, -0.2) is 0 Å². The minimum atomic E-state index is 0.00116. The molecular formula is C16H22N2O2. The number of piperidine rings is 1. The van der Waals surface area contributed by atoms with Crippen molar-refractivity contribution in [2.75, 3.05) is 20.2 Å². The van der Waals surface area contributed by atoms with Crippen LogP contribution in [0, 0.1) is 0 Å². The number of nitrogens with two attached hydrogens (primary N) is 1. The molecular weight excluding hydrogens is 252 g/mol. The Balaban J connectivity index is 1.90. The van der Waals surface area contributed by atoms with E-state index < -0.39 is 0 Å². The number of ether oxygens (including phenoxy) is 1. The minimum absolute atomic E-state index is 0.00116. The summed E-state index contributed by atoms with van der Waals surface area (Å²) in [7, 11) is 2.19. The van der Waals surface area contributed by atoms with E-state index in [0.717, 1.165) is 25.8 Å². The van der Waals surface area contributed by atoms with Gasteiger partial charge in [0, 0.05) is 17.5 Å². The summed E-state index contributed by atoms with van der Waals surface area (Å²) in [5.41, 5.74) is 8.84. The van der Waals surface area contributed by atoms with Gasteiger partial charge in [-0.1, -0.05) is 6.07 Å². The maximum absolute atomic E-state index is 9.91. The molecule has 4 nitrogen and oxygen atoms in total. The van der Waals surface area contributed by atoms with Gasteiger partial charge >= 0.3 is 0 Å². The van der Waals surface area contributed by atoms with Crippen LogP contribution in [0.15, 0.2) is 18.2 Å². The summed E-state index contributed by atoms with van der Waals surface area (Å²) in [6.07, 6.45) is 3.26. The number of aromatic hydroxyl groups is 1. The van der Waals surface area contributed by atoms with Crippen LogP contribution in [0.5, 0.6) is 5.75 Å². The van der Waals surface area contributed by atoms with Crippen LogP contribution in [0.4, 0.5) is 0 Å². The van der Waals surface area contributed by atoms with Crippen molar-refractivity contribution in [1.82, 2.24) is 4.90 Å². The second kappa shape index (κ2) is 4.20. The third-order valence-electron chi connectivity index (χ3n) is 5.55. The number of nitrogens with zero attached hydrogens (tertiary/aromatic N) is 1. The molecule has 0 amide bonds. The summed E-state index contributed by atoms with van der Waals surface area (Å²) in [5.74, 6) is 0.355. The number of fused-ring (bicyclic) bond motifs is 1. The van der Waals surface area contributed by atoms with Gasteiger partial charge in [0.25, 0.3) is 0 Å². The van der Waals surface area contributed by atoms with Gasteiger partial charge in [0.2, 0.25) is 0 Å². The summed E-state index contributed by atoms with van der Waals surface area (Å²) in [6.45, 7) is 1.73. The number of phenolic OH excluding ortho intramolecular Hbond substituents is 1. The molecule has 0 spiro atoms. The fourth-order valence-corrected chi connectivity index (χ4v) is 4.62. The highest BCUT2D eigenvalue weighted by atomic mass is 16.5. The van der Waals surface area contributed by atoms with Gasteiger partial charge in [-0.2, -0.15) is 0 Å². The molecule has 0 aromatic heterocycles. The van der Waals surface area contributed by atoms with E-state index in [4.69, 9.17) is 10.5 Å². The Hall–Kier alpha value is -1.10. The lowest BCUT2D eigenvalue weighted by Crippen LogP contribution is -2.67. The standard InChI is InChI=1S/C16H22N2O2/c1-18-5-4-16-8-11(17)9-20-15(16)14(18)6-10-2-3-12(19)7-13(10)16/h2-3,7,11,14-15,19H,4-6,8-9,17H2,1H3/t11?,14?,15?,16-/m0/s1. The SMILES string of the molecule is CN1CC[C@@]23CC(N)COC2C1Cc1ccc(O)cc13. The molecule has 4 heteroatoms. The molecule has 0 saturated carbocycles. The number of likely N-dealkylation sites (N-methyl/N-ethyl adjacent to an activating group) is 1. The normalized spacial score (nSPS) is 40.0. The molecule has 2 aliphatic heterocycles. The third-order valence-corrected chi connectivity index (χ3v) is 5.55. The first kappa shape index (κ1) is 12.6. The van der Waals surface area contributed by atoms with Crippen LogP contribution in [0.1, 0.15) is 24.0 Å². The predicted octanol–water partition coefficient (Wildman–Crippen LogP) is 1.01. The fraction of sp³-hybridized carbons (Fsp3) is 0.625. The Morgan fingerprint density at radius 3 is 3.15 bits per heavy atom. The second-order valence-corrected chi connectivity index (χ2v) is 6.72. The number of hydrogen-bond donors (Lipinski definition) is 2. The fourth-order valence-electron chi connectivity index (χ4n) is 4.62. The average Bonchev–Trinajstić information content (AvgIpc) is 2.43. The molecule has 2 saturated heterocycles. The molecule has 1 aliphatic carbocycles. The monoisotopic (exact) mass is 274 g/mol. The summed E-state index contributed by atoms with van der Waals surface area (Å²) >= 11 is 0. The van der Waals surface area contributed by atoms with E-state index in [0.29, 0.717) is 18.4 Å². The van der Waals surface area contributed by atoms with E-state index in [1.54, 1.807) is 6.07 Å². The first-order valence-corrected chi connectivity index (χ1v) is 7.50. The molecule has 2 fully saturated rings. The zero-order chi connectivity index (χ0) is 13.9. The largest absolute Gasteiger partial charge is 0.508 e. The molecule has 2 bridgehead atoms. The van der Waals surface area contributed by atoms with E-state index in [1.165, 1.54) is 11.1 Å². The summed E-state index contributed by atoms with van der Waals surface area (Å²) in [4.78, 5) is 2.43. The molecule has 3 aliphatic rings. The molecule has 3 unspecified atom stereocenters. The summed E-state index contributed by atoms with van der Waals surface area (Å²) in [5, 5.41) is 9.91. The second-order valence-electron chi connectivity index (χ2n) is 6.72. The van der Waals surface area contributed by atoms with Crippen molar-refractivity contribution in [2.45, 2.75) is 42.9 Å². The lowest BCUT2D eigenvalue weighted by Gasteiger charge is -2.58. The Bertz CT molecular complexity index is 547. The highest BCUT2D eigenvalue weighted by Crippen LogP contribution is 2.51. The number of benzene rings is 1. The summed E-state index contributed by atoms with van der Waals surface area (Å²) < 4.78 is 6.17. The number of likely N-dealkylation sites (tertiary alicyclic amines) is 1. The van der Waals surface area contributed by atoms with Crippen LogP contribution in [0.25, 0.3) is 0 Å². The van der Waals surface area contributed by atoms with Crippen molar-refractivity contribution < 1.29 is 9.84 Å². The van der Waals surface area contributed by atoms with Crippen molar-refractivity contribution >= 4 is 0 Å². The van der Waals surface area contributed by atoms with E-state index in [-0.39, 0.29) is 17.6 Å². The van der Waals surface area contributed by atoms with Crippen LogP contribution in [0.3, 0.4) is 0 Å². The lowest BCUT2D eigenvalue weighted by molar-refractivity contribution is -0.128. The number of phenols is 1. The first-order chi connectivity index (χ1) is 9.60. The van der Waals surface area contributed by atoms with Crippen LogP contribution < -0.4 is 5.73 Å².